The van der Waals surface area contributed by atoms with Crippen molar-refractivity contribution in [2.45, 2.75) is 64.1 Å². The number of benzene rings is 2. The maximum absolute atomic E-state index is 13.3. The van der Waals surface area contributed by atoms with Gasteiger partial charge in [-0.1, -0.05) is 61.0 Å². The smallest absolute Gasteiger partial charge is 0.312 e. The van der Waals surface area contributed by atoms with Crippen molar-refractivity contribution < 1.29 is 9.59 Å². The van der Waals surface area contributed by atoms with Crippen LogP contribution in [0.2, 0.25) is 0 Å². The number of aryl methyl sites for hydroxylation is 1. The van der Waals surface area contributed by atoms with Crippen LogP contribution in [0.25, 0.3) is 22.4 Å². The average Bonchev–Trinajstić information content (AvgIpc) is 3.80. The van der Waals surface area contributed by atoms with E-state index in [9.17, 15) is 9.59 Å². The maximum Gasteiger partial charge on any atom is 0.312 e. The van der Waals surface area contributed by atoms with Crippen molar-refractivity contribution in [3.63, 3.8) is 0 Å². The fraction of sp³-hybridized carbons (Fsp3) is 0.414. The molecule has 1 aliphatic heterocycles. The highest BCUT2D eigenvalue weighted by Gasteiger charge is 2.47. The van der Waals surface area contributed by atoms with E-state index in [4.69, 9.17) is 4.98 Å². The summed E-state index contributed by atoms with van der Waals surface area (Å²) in [6, 6.07) is 17.3. The van der Waals surface area contributed by atoms with Crippen LogP contribution in [0.3, 0.4) is 0 Å². The van der Waals surface area contributed by atoms with Crippen molar-refractivity contribution in [1.82, 2.24) is 19.8 Å². The molecule has 1 unspecified atom stereocenters. The zero-order valence-corrected chi connectivity index (χ0v) is 20.4. The highest BCUT2D eigenvalue weighted by molar-refractivity contribution is 6.35. The number of hydrogen-bond acceptors (Lipinski definition) is 3. The molecule has 6 nitrogen and oxygen atoms in total. The molecule has 2 aliphatic carbocycles. The van der Waals surface area contributed by atoms with Gasteiger partial charge >= 0.3 is 11.8 Å². The van der Waals surface area contributed by atoms with Crippen LogP contribution in [0.4, 0.5) is 0 Å². The van der Waals surface area contributed by atoms with Gasteiger partial charge in [-0.2, -0.15) is 0 Å². The van der Waals surface area contributed by atoms with E-state index in [0.29, 0.717) is 6.54 Å². The minimum Gasteiger partial charge on any atom is -0.346 e. The predicted molar refractivity (Wildman–Crippen MR) is 135 cm³/mol. The van der Waals surface area contributed by atoms with Crippen LogP contribution >= 0.6 is 0 Å². The molecular formula is C29H32N4O2. The first-order chi connectivity index (χ1) is 17.0. The molecule has 1 N–H and O–H groups in total. The number of rotatable bonds is 5. The largest absolute Gasteiger partial charge is 0.346 e. The first kappa shape index (κ1) is 22.1. The maximum atomic E-state index is 13.3. The van der Waals surface area contributed by atoms with Crippen LogP contribution in [-0.4, -0.2) is 50.2 Å². The molecule has 180 valence electrons. The summed E-state index contributed by atoms with van der Waals surface area (Å²) < 4.78 is 0. The molecule has 1 aromatic heterocycles. The zero-order chi connectivity index (χ0) is 24.1. The van der Waals surface area contributed by atoms with E-state index in [-0.39, 0.29) is 35.9 Å². The molecule has 2 amide bonds. The summed E-state index contributed by atoms with van der Waals surface area (Å²) >= 11 is 0. The van der Waals surface area contributed by atoms with Crippen LogP contribution in [0.5, 0.6) is 0 Å². The van der Waals surface area contributed by atoms with E-state index >= 15 is 0 Å². The van der Waals surface area contributed by atoms with Gasteiger partial charge < -0.3 is 14.8 Å². The van der Waals surface area contributed by atoms with Crippen molar-refractivity contribution in [2.75, 3.05) is 6.54 Å². The van der Waals surface area contributed by atoms with E-state index in [1.807, 2.05) is 11.1 Å². The minimum atomic E-state index is -0.362. The summed E-state index contributed by atoms with van der Waals surface area (Å²) in [6.07, 6.45) is 6.89. The fourth-order valence-electron chi connectivity index (χ4n) is 5.38. The monoisotopic (exact) mass is 468 g/mol. The standard InChI is InChI=1S/C29H32N4O2/c1-18-3-5-20(6-4-18)21-7-9-22(10-8-21)25-17-30-27(31-25)26-19(2)15-16-32(26)28(34)29(35)33(23-11-12-23)24-13-14-24/h3-10,17,19,23-24,26H,11-16H2,1-2H3,(H,30,31)/t19-,26?/m0/s1. The van der Waals surface area contributed by atoms with Gasteiger partial charge in [0.25, 0.3) is 0 Å². The quantitative estimate of drug-likeness (QED) is 0.529. The summed E-state index contributed by atoms with van der Waals surface area (Å²) in [5.41, 5.74) is 5.48. The number of amides is 2. The SMILES string of the molecule is Cc1ccc(-c2ccc(-c3c[nH]c(C4[C@@H](C)CCN4C(=O)C(=O)N(C4CC4)C4CC4)n3)cc2)cc1. The lowest BCUT2D eigenvalue weighted by atomic mass is 10.0. The number of hydrogen-bond donors (Lipinski definition) is 1. The molecule has 3 fully saturated rings. The molecule has 2 saturated carbocycles. The molecule has 2 aromatic carbocycles. The van der Waals surface area contributed by atoms with Crippen LogP contribution < -0.4 is 0 Å². The normalized spacial score (nSPS) is 21.8. The van der Waals surface area contributed by atoms with E-state index < -0.39 is 0 Å². The Morgan fingerprint density at radius 3 is 2.06 bits per heavy atom. The Labute approximate surface area is 206 Å². The van der Waals surface area contributed by atoms with E-state index in [1.54, 1.807) is 4.90 Å². The molecule has 0 spiro atoms. The first-order valence-corrected chi connectivity index (χ1v) is 12.9. The number of aromatic nitrogens is 2. The van der Waals surface area contributed by atoms with Gasteiger partial charge in [-0.3, -0.25) is 9.59 Å². The molecule has 2 heterocycles. The topological polar surface area (TPSA) is 69.3 Å². The lowest BCUT2D eigenvalue weighted by Crippen LogP contribution is -2.47. The van der Waals surface area contributed by atoms with Gasteiger partial charge in [0.2, 0.25) is 0 Å². The Bertz CT molecular complexity index is 1230. The third-order valence-corrected chi connectivity index (χ3v) is 7.70. The number of nitrogens with one attached hydrogen (secondary N) is 1. The number of carbonyl (C=O) groups excluding carboxylic acids is 2. The second kappa shape index (κ2) is 8.67. The average molecular weight is 469 g/mol. The molecule has 35 heavy (non-hydrogen) atoms. The molecule has 0 bridgehead atoms. The lowest BCUT2D eigenvalue weighted by molar-refractivity contribution is -0.153. The third kappa shape index (κ3) is 4.26. The number of carbonyl (C=O) groups is 2. The van der Waals surface area contributed by atoms with Crippen LogP contribution in [0.1, 0.15) is 56.5 Å². The molecule has 3 aliphatic rings. The highest BCUT2D eigenvalue weighted by atomic mass is 16.2. The molecule has 2 atom stereocenters. The van der Waals surface area contributed by atoms with Gasteiger partial charge in [-0.25, -0.2) is 4.98 Å². The number of likely N-dealkylation sites (tertiary alicyclic amines) is 1. The second-order valence-corrected chi connectivity index (χ2v) is 10.5. The van der Waals surface area contributed by atoms with Crippen molar-refractivity contribution in [2.24, 2.45) is 5.92 Å². The van der Waals surface area contributed by atoms with Crippen molar-refractivity contribution in [3.05, 3.63) is 66.1 Å². The Morgan fingerprint density at radius 2 is 1.46 bits per heavy atom. The van der Waals surface area contributed by atoms with Gasteiger partial charge in [0.1, 0.15) is 5.82 Å². The highest BCUT2D eigenvalue weighted by Crippen LogP contribution is 2.40. The number of nitrogens with zero attached hydrogens (tertiary/aromatic N) is 3. The van der Waals surface area contributed by atoms with E-state index in [2.05, 4.69) is 67.4 Å². The molecule has 1 saturated heterocycles. The Balaban J connectivity index is 1.21. The van der Waals surface area contributed by atoms with Gasteiger partial charge in [-0.05, 0) is 56.1 Å². The Hall–Kier alpha value is -3.41. The summed E-state index contributed by atoms with van der Waals surface area (Å²) in [4.78, 5) is 38.4. The van der Waals surface area contributed by atoms with Gasteiger partial charge in [0, 0.05) is 30.4 Å². The van der Waals surface area contributed by atoms with Crippen molar-refractivity contribution in [3.8, 4) is 22.4 Å². The van der Waals surface area contributed by atoms with E-state index in [0.717, 1.165) is 49.2 Å². The van der Waals surface area contributed by atoms with Crippen molar-refractivity contribution in [1.29, 1.82) is 0 Å². The summed E-state index contributed by atoms with van der Waals surface area (Å²) in [5, 5.41) is 0. The Morgan fingerprint density at radius 1 is 0.886 bits per heavy atom. The van der Waals surface area contributed by atoms with E-state index in [1.165, 1.54) is 16.7 Å². The van der Waals surface area contributed by atoms with Gasteiger partial charge in [0.05, 0.1) is 11.7 Å². The first-order valence-electron chi connectivity index (χ1n) is 12.9. The van der Waals surface area contributed by atoms with Crippen LogP contribution in [0, 0.1) is 12.8 Å². The minimum absolute atomic E-state index is 0.202. The third-order valence-electron chi connectivity index (χ3n) is 7.70. The van der Waals surface area contributed by atoms with Gasteiger partial charge in [0.15, 0.2) is 0 Å². The molecule has 3 aromatic rings. The number of imidazole rings is 1. The van der Waals surface area contributed by atoms with Crippen LogP contribution in [-0.2, 0) is 9.59 Å². The van der Waals surface area contributed by atoms with Crippen LogP contribution in [0.15, 0.2) is 54.7 Å². The fourth-order valence-corrected chi connectivity index (χ4v) is 5.38. The second-order valence-electron chi connectivity index (χ2n) is 10.5. The summed E-state index contributed by atoms with van der Waals surface area (Å²) in [7, 11) is 0. The lowest BCUT2D eigenvalue weighted by Gasteiger charge is -2.28. The predicted octanol–water partition coefficient (Wildman–Crippen LogP) is 5.12. The summed E-state index contributed by atoms with van der Waals surface area (Å²) in [5.74, 6) is 0.328. The molecular weight excluding hydrogens is 436 g/mol. The Kier molecular flexibility index (Phi) is 5.47. The number of H-pyrrole nitrogens is 1. The molecule has 6 heteroatoms. The summed E-state index contributed by atoms with van der Waals surface area (Å²) in [6.45, 7) is 4.83. The zero-order valence-electron chi connectivity index (χ0n) is 20.4. The van der Waals surface area contributed by atoms with Gasteiger partial charge in [-0.15, -0.1) is 0 Å². The molecule has 6 rings (SSSR count). The molecule has 0 radical (unpaired) electrons. The van der Waals surface area contributed by atoms with Crippen molar-refractivity contribution >= 4 is 11.8 Å². The number of aromatic amines is 1.